The Labute approximate surface area is 73.4 Å². The molecule has 0 fully saturated rings. The van der Waals surface area contributed by atoms with Crippen LogP contribution in [0.4, 0.5) is 0 Å². The Bertz CT molecular complexity index is 250. The lowest BCUT2D eigenvalue weighted by molar-refractivity contribution is 0.147. The molecule has 0 saturated heterocycles. The van der Waals surface area contributed by atoms with Crippen LogP contribution in [0.25, 0.3) is 0 Å². The Balaban J connectivity index is 3.08. The number of aliphatic hydroxyl groups is 1. The van der Waals surface area contributed by atoms with Crippen molar-refractivity contribution < 1.29 is 5.11 Å². The summed E-state index contributed by atoms with van der Waals surface area (Å²) >= 11 is 0. The van der Waals surface area contributed by atoms with E-state index in [1.807, 2.05) is 25.2 Å². The molecule has 1 unspecified atom stereocenters. The van der Waals surface area contributed by atoms with Crippen LogP contribution in [0.3, 0.4) is 0 Å². The van der Waals surface area contributed by atoms with Gasteiger partial charge in [0.15, 0.2) is 0 Å². The second kappa shape index (κ2) is 3.11. The van der Waals surface area contributed by atoms with Crippen molar-refractivity contribution in [2.75, 3.05) is 0 Å². The highest BCUT2D eigenvalue weighted by molar-refractivity contribution is 5.35. The Morgan fingerprint density at radius 2 is 2.08 bits per heavy atom. The van der Waals surface area contributed by atoms with Gasteiger partial charge in [-0.05, 0) is 12.5 Å². The van der Waals surface area contributed by atoms with Crippen LogP contribution in [-0.4, -0.2) is 11.2 Å². The summed E-state index contributed by atoms with van der Waals surface area (Å²) < 4.78 is 0. The predicted octanol–water partition coefficient (Wildman–Crippen LogP) is 2.22. The molecule has 0 aromatic rings. The lowest BCUT2D eigenvalue weighted by Crippen LogP contribution is -2.31. The largest absolute Gasteiger partial charge is 0.387 e. The van der Waals surface area contributed by atoms with Gasteiger partial charge < -0.3 is 5.11 Å². The summed E-state index contributed by atoms with van der Waals surface area (Å²) in [5.41, 5.74) is 0.469. The topological polar surface area (TPSA) is 20.2 Å². The third kappa shape index (κ3) is 1.16. The molecule has 0 radical (unpaired) electrons. The lowest BCUT2D eigenvalue weighted by atomic mass is 9.76. The Kier molecular flexibility index (Phi) is 2.34. The summed E-state index contributed by atoms with van der Waals surface area (Å²) in [6.45, 7) is 9.30. The molecule has 1 atom stereocenters. The van der Waals surface area contributed by atoms with E-state index in [0.29, 0.717) is 0 Å². The molecule has 0 bridgehead atoms. The van der Waals surface area contributed by atoms with Gasteiger partial charge in [0.1, 0.15) is 0 Å². The van der Waals surface area contributed by atoms with Crippen molar-refractivity contribution in [2.45, 2.75) is 13.0 Å². The van der Waals surface area contributed by atoms with E-state index in [4.69, 9.17) is 0 Å². The van der Waals surface area contributed by atoms with Crippen molar-refractivity contribution >= 4 is 0 Å². The van der Waals surface area contributed by atoms with Crippen molar-refractivity contribution in [3.63, 3.8) is 0 Å². The molecular formula is C11H14O. The molecule has 0 saturated carbocycles. The van der Waals surface area contributed by atoms with E-state index in [1.54, 1.807) is 12.2 Å². The number of hydrogen-bond acceptors (Lipinski definition) is 1. The van der Waals surface area contributed by atoms with Crippen LogP contribution < -0.4 is 0 Å². The van der Waals surface area contributed by atoms with Gasteiger partial charge in [0.25, 0.3) is 0 Å². The predicted molar refractivity (Wildman–Crippen MR) is 51.7 cm³/mol. The third-order valence-corrected chi connectivity index (χ3v) is 2.36. The SMILES string of the molecule is C=CC1(C=C)C=CC=C(C)C1O. The lowest BCUT2D eigenvalue weighted by Gasteiger charge is -2.32. The van der Waals surface area contributed by atoms with Crippen molar-refractivity contribution in [3.05, 3.63) is 49.1 Å². The van der Waals surface area contributed by atoms with Crippen LogP contribution >= 0.6 is 0 Å². The zero-order valence-electron chi connectivity index (χ0n) is 7.33. The molecule has 12 heavy (non-hydrogen) atoms. The smallest absolute Gasteiger partial charge is 0.0910 e. The van der Waals surface area contributed by atoms with Crippen molar-refractivity contribution in [1.82, 2.24) is 0 Å². The first-order valence-corrected chi connectivity index (χ1v) is 3.97. The second-order valence-electron chi connectivity index (χ2n) is 3.08. The number of aliphatic hydroxyl groups excluding tert-OH is 1. The van der Waals surface area contributed by atoms with E-state index in [-0.39, 0.29) is 0 Å². The van der Waals surface area contributed by atoms with E-state index in [0.717, 1.165) is 5.57 Å². The molecule has 0 aromatic heterocycles. The minimum atomic E-state index is -0.516. The summed E-state index contributed by atoms with van der Waals surface area (Å²) in [5.74, 6) is 0. The second-order valence-corrected chi connectivity index (χ2v) is 3.08. The van der Waals surface area contributed by atoms with Gasteiger partial charge in [0.2, 0.25) is 0 Å². The average molecular weight is 162 g/mol. The molecule has 1 nitrogen and oxygen atoms in total. The first kappa shape index (κ1) is 9.01. The first-order valence-electron chi connectivity index (χ1n) is 3.97. The fraction of sp³-hybridized carbons (Fsp3) is 0.273. The average Bonchev–Trinajstić information content (AvgIpc) is 2.11. The molecule has 1 heteroatoms. The van der Waals surface area contributed by atoms with Gasteiger partial charge in [0.05, 0.1) is 11.5 Å². The third-order valence-electron chi connectivity index (χ3n) is 2.36. The van der Waals surface area contributed by atoms with Gasteiger partial charge in [-0.15, -0.1) is 13.2 Å². The molecule has 0 heterocycles. The highest BCUT2D eigenvalue weighted by Gasteiger charge is 2.31. The minimum Gasteiger partial charge on any atom is -0.387 e. The molecule has 0 amide bonds. The van der Waals surface area contributed by atoms with Crippen LogP contribution in [0.1, 0.15) is 6.92 Å². The Morgan fingerprint density at radius 1 is 1.50 bits per heavy atom. The highest BCUT2D eigenvalue weighted by Crippen LogP contribution is 2.33. The summed E-state index contributed by atoms with van der Waals surface area (Å²) in [5, 5.41) is 9.83. The molecule has 1 aliphatic carbocycles. The number of rotatable bonds is 2. The van der Waals surface area contributed by atoms with Crippen LogP contribution in [0.15, 0.2) is 49.1 Å². The highest BCUT2D eigenvalue weighted by atomic mass is 16.3. The van der Waals surface area contributed by atoms with E-state index in [2.05, 4.69) is 13.2 Å². The Hall–Kier alpha value is -1.08. The quantitative estimate of drug-likeness (QED) is 0.617. The summed E-state index contributed by atoms with van der Waals surface area (Å²) in [7, 11) is 0. The van der Waals surface area contributed by atoms with Crippen LogP contribution in [0.2, 0.25) is 0 Å². The van der Waals surface area contributed by atoms with Crippen LogP contribution in [0.5, 0.6) is 0 Å². The van der Waals surface area contributed by atoms with Gasteiger partial charge in [-0.25, -0.2) is 0 Å². The Morgan fingerprint density at radius 3 is 2.50 bits per heavy atom. The van der Waals surface area contributed by atoms with Gasteiger partial charge >= 0.3 is 0 Å². The summed E-state index contributed by atoms with van der Waals surface area (Å²) in [6.07, 6.45) is 8.65. The van der Waals surface area contributed by atoms with E-state index >= 15 is 0 Å². The van der Waals surface area contributed by atoms with E-state index < -0.39 is 11.5 Å². The summed E-state index contributed by atoms with van der Waals surface area (Å²) in [6, 6.07) is 0. The van der Waals surface area contributed by atoms with Gasteiger partial charge in [-0.2, -0.15) is 0 Å². The maximum Gasteiger partial charge on any atom is 0.0910 e. The van der Waals surface area contributed by atoms with Crippen LogP contribution in [0, 0.1) is 5.41 Å². The van der Waals surface area contributed by atoms with E-state index in [1.165, 1.54) is 0 Å². The van der Waals surface area contributed by atoms with E-state index in [9.17, 15) is 5.11 Å². The zero-order chi connectivity index (χ0) is 9.19. The van der Waals surface area contributed by atoms with Crippen molar-refractivity contribution in [2.24, 2.45) is 5.41 Å². The van der Waals surface area contributed by atoms with Crippen molar-refractivity contribution in [1.29, 1.82) is 0 Å². The fourth-order valence-corrected chi connectivity index (χ4v) is 1.39. The molecule has 0 aromatic carbocycles. The van der Waals surface area contributed by atoms with Gasteiger partial charge in [0, 0.05) is 0 Å². The fourth-order valence-electron chi connectivity index (χ4n) is 1.39. The molecule has 1 N–H and O–H groups in total. The van der Waals surface area contributed by atoms with Gasteiger partial charge in [-0.3, -0.25) is 0 Å². The van der Waals surface area contributed by atoms with Crippen LogP contribution in [-0.2, 0) is 0 Å². The minimum absolute atomic E-state index is 0.473. The molecular weight excluding hydrogens is 148 g/mol. The molecule has 0 aliphatic heterocycles. The molecule has 1 aliphatic rings. The number of hydrogen-bond donors (Lipinski definition) is 1. The number of allylic oxidation sites excluding steroid dienone is 2. The first-order chi connectivity index (χ1) is 5.66. The van der Waals surface area contributed by atoms with Crippen molar-refractivity contribution in [3.8, 4) is 0 Å². The maximum absolute atomic E-state index is 9.83. The van der Waals surface area contributed by atoms with Gasteiger partial charge in [-0.1, -0.05) is 30.4 Å². The molecule has 64 valence electrons. The standard InChI is InChI=1S/C11H14O/c1-4-11(5-2)8-6-7-9(3)10(11)12/h4-8,10,12H,1-2H2,3H3. The molecule has 0 spiro atoms. The normalized spacial score (nSPS) is 26.2. The molecule has 1 rings (SSSR count). The zero-order valence-corrected chi connectivity index (χ0v) is 7.33. The summed E-state index contributed by atoms with van der Waals surface area (Å²) in [4.78, 5) is 0. The maximum atomic E-state index is 9.83. The monoisotopic (exact) mass is 162 g/mol.